The van der Waals surface area contributed by atoms with E-state index in [2.05, 4.69) is 21.0 Å². The molecule has 0 spiro atoms. The van der Waals surface area contributed by atoms with Crippen molar-refractivity contribution in [2.45, 2.75) is 6.42 Å². The molecule has 0 bridgehead atoms. The minimum Gasteiger partial charge on any atom is -0.346 e. The number of aromatic amines is 1. The molecule has 1 aromatic carbocycles. The number of fused-ring (bicyclic) bond motifs is 1. The molecule has 4 aromatic rings. The molecule has 6 heteroatoms. The minimum atomic E-state index is -0.374. The van der Waals surface area contributed by atoms with Crippen LogP contribution >= 0.6 is 0 Å². The Morgan fingerprint density at radius 1 is 1.08 bits per heavy atom. The average molecular weight is 330 g/mol. The van der Waals surface area contributed by atoms with Gasteiger partial charge in [0.15, 0.2) is 0 Å². The maximum absolute atomic E-state index is 11.0. The second kappa shape index (κ2) is 6.16. The summed E-state index contributed by atoms with van der Waals surface area (Å²) >= 11 is 0. The van der Waals surface area contributed by atoms with Gasteiger partial charge in [-0.15, -0.1) is 0 Å². The number of nitro groups is 1. The lowest BCUT2D eigenvalue weighted by molar-refractivity contribution is -0.384. The Balaban J connectivity index is 1.73. The molecule has 3 aromatic heterocycles. The van der Waals surface area contributed by atoms with Gasteiger partial charge in [-0.2, -0.15) is 0 Å². The molecule has 0 aliphatic carbocycles. The molecular formula is C19H14N4O2. The van der Waals surface area contributed by atoms with E-state index >= 15 is 0 Å². The van der Waals surface area contributed by atoms with Crippen molar-refractivity contribution in [3.05, 3.63) is 88.5 Å². The molecule has 3 heterocycles. The molecule has 0 radical (unpaired) electrons. The maximum atomic E-state index is 11.0. The van der Waals surface area contributed by atoms with E-state index < -0.39 is 0 Å². The van der Waals surface area contributed by atoms with Crippen LogP contribution in [0.4, 0.5) is 5.69 Å². The second-order valence-electron chi connectivity index (χ2n) is 5.78. The highest BCUT2D eigenvalue weighted by atomic mass is 16.6. The lowest BCUT2D eigenvalue weighted by atomic mass is 10.0. The molecule has 0 aliphatic heterocycles. The van der Waals surface area contributed by atoms with Crippen molar-refractivity contribution < 1.29 is 4.92 Å². The number of nitrogens with zero attached hydrogens (tertiary/aromatic N) is 3. The number of hydrogen-bond acceptors (Lipinski definition) is 4. The number of aromatic nitrogens is 3. The van der Waals surface area contributed by atoms with E-state index in [1.54, 1.807) is 24.5 Å². The van der Waals surface area contributed by atoms with E-state index in [9.17, 15) is 10.1 Å². The SMILES string of the molecule is O=[N+]([O-])c1cccc(Cc2c[nH]c3ncc(-c4cccnc4)cc23)c1. The first-order valence-electron chi connectivity index (χ1n) is 7.80. The van der Waals surface area contributed by atoms with Gasteiger partial charge in [0.05, 0.1) is 4.92 Å². The molecule has 0 amide bonds. The Hall–Kier alpha value is -3.54. The van der Waals surface area contributed by atoms with Crippen molar-refractivity contribution in [1.82, 2.24) is 15.0 Å². The summed E-state index contributed by atoms with van der Waals surface area (Å²) in [7, 11) is 0. The van der Waals surface area contributed by atoms with Gasteiger partial charge in [-0.3, -0.25) is 15.1 Å². The topological polar surface area (TPSA) is 84.7 Å². The number of hydrogen-bond donors (Lipinski definition) is 1. The summed E-state index contributed by atoms with van der Waals surface area (Å²) in [4.78, 5) is 22.4. The number of nitrogens with one attached hydrogen (secondary N) is 1. The largest absolute Gasteiger partial charge is 0.346 e. The third-order valence-corrected chi connectivity index (χ3v) is 4.13. The van der Waals surface area contributed by atoms with Crippen LogP contribution in [0.1, 0.15) is 11.1 Å². The van der Waals surface area contributed by atoms with Crippen LogP contribution in [0.2, 0.25) is 0 Å². The summed E-state index contributed by atoms with van der Waals surface area (Å²) in [5.74, 6) is 0. The molecule has 6 nitrogen and oxygen atoms in total. The van der Waals surface area contributed by atoms with Gasteiger partial charge < -0.3 is 4.98 Å². The Kier molecular flexibility index (Phi) is 3.70. The fraction of sp³-hybridized carbons (Fsp3) is 0.0526. The van der Waals surface area contributed by atoms with E-state index in [0.29, 0.717) is 6.42 Å². The van der Waals surface area contributed by atoms with Crippen molar-refractivity contribution in [2.75, 3.05) is 0 Å². The van der Waals surface area contributed by atoms with Gasteiger partial charge in [0.2, 0.25) is 0 Å². The van der Waals surface area contributed by atoms with Crippen LogP contribution in [0, 0.1) is 10.1 Å². The number of benzene rings is 1. The lowest BCUT2D eigenvalue weighted by Gasteiger charge is -2.03. The molecule has 0 atom stereocenters. The van der Waals surface area contributed by atoms with Gasteiger partial charge in [0.1, 0.15) is 5.65 Å². The number of nitro benzene ring substituents is 1. The Labute approximate surface area is 143 Å². The summed E-state index contributed by atoms with van der Waals surface area (Å²) in [6.07, 6.45) is 7.85. The Bertz CT molecular complexity index is 1060. The number of H-pyrrole nitrogens is 1. The number of non-ortho nitro benzene ring substituents is 1. The quantitative estimate of drug-likeness (QED) is 0.450. The average Bonchev–Trinajstić information content (AvgIpc) is 3.05. The first-order chi connectivity index (χ1) is 12.2. The highest BCUT2D eigenvalue weighted by Crippen LogP contribution is 2.26. The zero-order chi connectivity index (χ0) is 17.2. The molecule has 1 N–H and O–H groups in total. The normalized spacial score (nSPS) is 10.9. The van der Waals surface area contributed by atoms with Gasteiger partial charge in [-0.05, 0) is 29.7 Å². The van der Waals surface area contributed by atoms with Crippen molar-refractivity contribution in [3.63, 3.8) is 0 Å². The predicted molar refractivity (Wildman–Crippen MR) is 95.2 cm³/mol. The van der Waals surface area contributed by atoms with Gasteiger partial charge in [0, 0.05) is 53.4 Å². The van der Waals surface area contributed by atoms with Crippen LogP contribution in [0.25, 0.3) is 22.2 Å². The third-order valence-electron chi connectivity index (χ3n) is 4.13. The van der Waals surface area contributed by atoms with Crippen LogP contribution in [0.15, 0.2) is 67.3 Å². The molecule has 0 fully saturated rings. The van der Waals surface area contributed by atoms with Crippen LogP contribution in [-0.4, -0.2) is 19.9 Å². The molecule has 25 heavy (non-hydrogen) atoms. The first-order valence-corrected chi connectivity index (χ1v) is 7.80. The zero-order valence-corrected chi connectivity index (χ0v) is 13.2. The van der Waals surface area contributed by atoms with E-state index in [-0.39, 0.29) is 10.6 Å². The molecule has 0 aliphatic rings. The maximum Gasteiger partial charge on any atom is 0.269 e. The summed E-state index contributed by atoms with van der Waals surface area (Å²) in [6, 6.07) is 12.7. The van der Waals surface area contributed by atoms with Crippen molar-refractivity contribution >= 4 is 16.7 Å². The van der Waals surface area contributed by atoms with E-state index in [4.69, 9.17) is 0 Å². The number of rotatable bonds is 4. The third kappa shape index (κ3) is 2.97. The predicted octanol–water partition coefficient (Wildman–Crippen LogP) is 4.12. The highest BCUT2D eigenvalue weighted by Gasteiger charge is 2.10. The monoisotopic (exact) mass is 330 g/mol. The minimum absolute atomic E-state index is 0.103. The fourth-order valence-corrected chi connectivity index (χ4v) is 2.90. The Morgan fingerprint density at radius 3 is 2.80 bits per heavy atom. The van der Waals surface area contributed by atoms with Gasteiger partial charge >= 0.3 is 0 Å². The van der Waals surface area contributed by atoms with Crippen LogP contribution in [0.5, 0.6) is 0 Å². The molecular weight excluding hydrogens is 316 g/mol. The summed E-state index contributed by atoms with van der Waals surface area (Å²) < 4.78 is 0. The van der Waals surface area contributed by atoms with Crippen LogP contribution in [-0.2, 0) is 6.42 Å². The summed E-state index contributed by atoms with van der Waals surface area (Å²) in [5, 5.41) is 12.0. The summed E-state index contributed by atoms with van der Waals surface area (Å²) in [5.41, 5.74) is 4.83. The standard InChI is InChI=1S/C19H14N4O2/c24-23(25)17-5-1-3-13(8-17)7-16-12-22-19-18(16)9-15(11-21-19)14-4-2-6-20-10-14/h1-6,8-12H,7H2,(H,21,22). The van der Waals surface area contributed by atoms with Crippen molar-refractivity contribution in [3.8, 4) is 11.1 Å². The lowest BCUT2D eigenvalue weighted by Crippen LogP contribution is -1.92. The van der Waals surface area contributed by atoms with E-state index in [1.807, 2.05) is 30.6 Å². The van der Waals surface area contributed by atoms with Crippen LogP contribution in [0.3, 0.4) is 0 Å². The van der Waals surface area contributed by atoms with Crippen molar-refractivity contribution in [1.29, 1.82) is 0 Å². The van der Waals surface area contributed by atoms with E-state index in [1.165, 1.54) is 6.07 Å². The molecule has 0 unspecified atom stereocenters. The second-order valence-corrected chi connectivity index (χ2v) is 5.78. The molecule has 4 rings (SSSR count). The van der Waals surface area contributed by atoms with Gasteiger partial charge in [0.25, 0.3) is 5.69 Å². The molecule has 0 saturated heterocycles. The fourth-order valence-electron chi connectivity index (χ4n) is 2.90. The van der Waals surface area contributed by atoms with Gasteiger partial charge in [-0.25, -0.2) is 4.98 Å². The van der Waals surface area contributed by atoms with E-state index in [0.717, 1.165) is 33.3 Å². The summed E-state index contributed by atoms with van der Waals surface area (Å²) in [6.45, 7) is 0. The van der Waals surface area contributed by atoms with Crippen LogP contribution < -0.4 is 0 Å². The number of pyridine rings is 2. The molecule has 122 valence electrons. The first kappa shape index (κ1) is 15.0. The highest BCUT2D eigenvalue weighted by molar-refractivity contribution is 5.84. The zero-order valence-electron chi connectivity index (χ0n) is 13.2. The molecule has 0 saturated carbocycles. The smallest absolute Gasteiger partial charge is 0.269 e. The Morgan fingerprint density at radius 2 is 2.00 bits per heavy atom. The van der Waals surface area contributed by atoms with Crippen molar-refractivity contribution in [2.24, 2.45) is 0 Å². The van der Waals surface area contributed by atoms with Gasteiger partial charge in [-0.1, -0.05) is 18.2 Å².